The van der Waals surface area contributed by atoms with Crippen molar-refractivity contribution in [3.05, 3.63) is 47.5 Å². The standard InChI is InChI=1S/C31H48/c1-3-5-7-8-9-11-25-13-15-29-23-31(19-17-27(29)21-25)30-18-16-26-20-24(10-6-4-2)12-14-28(26)22-30/h4,12,14,20,25,27,29-31H,2-3,5-11,13,15-19,21-23H2,1H3. The van der Waals surface area contributed by atoms with Gasteiger partial charge in [0.1, 0.15) is 0 Å². The van der Waals surface area contributed by atoms with Crippen LogP contribution < -0.4 is 0 Å². The maximum Gasteiger partial charge on any atom is -0.0244 e. The summed E-state index contributed by atoms with van der Waals surface area (Å²) in [4.78, 5) is 0. The number of hydrogen-bond donors (Lipinski definition) is 0. The van der Waals surface area contributed by atoms with Crippen molar-refractivity contribution < 1.29 is 0 Å². The summed E-state index contributed by atoms with van der Waals surface area (Å²) < 4.78 is 0. The normalized spacial score (nSPS) is 30.4. The molecular formula is C31H48. The Morgan fingerprint density at radius 2 is 1.61 bits per heavy atom. The molecule has 5 unspecified atom stereocenters. The minimum atomic E-state index is 0.962. The molecule has 31 heavy (non-hydrogen) atoms. The highest BCUT2D eigenvalue weighted by Gasteiger charge is 2.38. The minimum Gasteiger partial charge on any atom is -0.103 e. The molecule has 1 aromatic rings. The van der Waals surface area contributed by atoms with Gasteiger partial charge < -0.3 is 0 Å². The van der Waals surface area contributed by atoms with E-state index in [0.717, 1.165) is 42.4 Å². The summed E-state index contributed by atoms with van der Waals surface area (Å²) in [6, 6.07) is 7.37. The molecule has 3 aliphatic rings. The van der Waals surface area contributed by atoms with Crippen LogP contribution in [-0.4, -0.2) is 0 Å². The lowest BCUT2D eigenvalue weighted by molar-refractivity contribution is 0.0690. The number of unbranched alkanes of at least 4 members (excludes halogenated alkanes) is 4. The zero-order chi connectivity index (χ0) is 21.5. The van der Waals surface area contributed by atoms with Crippen molar-refractivity contribution in [1.82, 2.24) is 0 Å². The molecule has 0 saturated heterocycles. The topological polar surface area (TPSA) is 0 Å². The van der Waals surface area contributed by atoms with Gasteiger partial charge in [-0.1, -0.05) is 76.1 Å². The van der Waals surface area contributed by atoms with Crippen LogP contribution in [0.3, 0.4) is 0 Å². The smallest absolute Gasteiger partial charge is 0.0244 e. The SMILES string of the molecule is C=CCCc1ccc2c(c1)CCC(C1CCC3CC(CCCCCCC)CCC3C1)C2. The minimum absolute atomic E-state index is 0.962. The summed E-state index contributed by atoms with van der Waals surface area (Å²) in [5, 5.41) is 0. The van der Waals surface area contributed by atoms with Crippen molar-refractivity contribution in [3.63, 3.8) is 0 Å². The molecule has 172 valence electrons. The van der Waals surface area contributed by atoms with Crippen LogP contribution in [0.4, 0.5) is 0 Å². The fraction of sp³-hybridized carbons (Fsp3) is 0.742. The van der Waals surface area contributed by atoms with Crippen molar-refractivity contribution in [3.8, 4) is 0 Å². The van der Waals surface area contributed by atoms with E-state index < -0.39 is 0 Å². The van der Waals surface area contributed by atoms with Gasteiger partial charge in [-0.15, -0.1) is 6.58 Å². The Morgan fingerprint density at radius 1 is 0.839 bits per heavy atom. The van der Waals surface area contributed by atoms with E-state index >= 15 is 0 Å². The maximum absolute atomic E-state index is 3.88. The van der Waals surface area contributed by atoms with Crippen molar-refractivity contribution in [2.45, 2.75) is 116 Å². The molecular weight excluding hydrogens is 372 g/mol. The average Bonchev–Trinajstić information content (AvgIpc) is 2.81. The number of fused-ring (bicyclic) bond motifs is 2. The Bertz CT molecular complexity index is 685. The van der Waals surface area contributed by atoms with Crippen molar-refractivity contribution in [1.29, 1.82) is 0 Å². The average molecular weight is 421 g/mol. The van der Waals surface area contributed by atoms with E-state index in [1.165, 1.54) is 69.8 Å². The van der Waals surface area contributed by atoms with Crippen molar-refractivity contribution >= 4 is 0 Å². The van der Waals surface area contributed by atoms with E-state index in [4.69, 9.17) is 0 Å². The first-order valence-electron chi connectivity index (χ1n) is 14.0. The van der Waals surface area contributed by atoms with Gasteiger partial charge in [-0.25, -0.2) is 0 Å². The van der Waals surface area contributed by atoms with Crippen LogP contribution in [0.2, 0.25) is 0 Å². The number of hydrogen-bond acceptors (Lipinski definition) is 0. The predicted molar refractivity (Wildman–Crippen MR) is 136 cm³/mol. The second kappa shape index (κ2) is 11.7. The molecule has 0 N–H and O–H groups in total. The number of aryl methyl sites for hydroxylation is 2. The first-order valence-corrected chi connectivity index (χ1v) is 14.0. The van der Waals surface area contributed by atoms with Crippen LogP contribution in [0, 0.1) is 29.6 Å². The molecule has 0 radical (unpaired) electrons. The summed E-state index contributed by atoms with van der Waals surface area (Å²) in [6.07, 6.45) is 26.6. The second-order valence-corrected chi connectivity index (χ2v) is 11.4. The number of allylic oxidation sites excluding steroid dienone is 1. The largest absolute Gasteiger partial charge is 0.103 e. The van der Waals surface area contributed by atoms with Gasteiger partial charge in [0.15, 0.2) is 0 Å². The van der Waals surface area contributed by atoms with Crippen molar-refractivity contribution in [2.24, 2.45) is 29.6 Å². The lowest BCUT2D eigenvalue weighted by Gasteiger charge is -2.45. The van der Waals surface area contributed by atoms with Gasteiger partial charge in [0.2, 0.25) is 0 Å². The van der Waals surface area contributed by atoms with Gasteiger partial charge >= 0.3 is 0 Å². The molecule has 1 aromatic carbocycles. The van der Waals surface area contributed by atoms with E-state index in [-0.39, 0.29) is 0 Å². The molecule has 3 aliphatic carbocycles. The van der Waals surface area contributed by atoms with Gasteiger partial charge in [-0.05, 0) is 110 Å². The van der Waals surface area contributed by atoms with E-state index in [9.17, 15) is 0 Å². The molecule has 0 spiro atoms. The lowest BCUT2D eigenvalue weighted by Crippen LogP contribution is -2.35. The molecule has 2 fully saturated rings. The highest BCUT2D eigenvalue weighted by atomic mass is 14.4. The van der Waals surface area contributed by atoms with Gasteiger partial charge in [-0.2, -0.15) is 0 Å². The Labute approximate surface area is 193 Å². The summed E-state index contributed by atoms with van der Waals surface area (Å²) in [5.41, 5.74) is 4.85. The Balaban J connectivity index is 1.23. The predicted octanol–water partition coefficient (Wildman–Crippen LogP) is 9.10. The second-order valence-electron chi connectivity index (χ2n) is 11.4. The monoisotopic (exact) mass is 420 g/mol. The quantitative estimate of drug-likeness (QED) is 0.261. The van der Waals surface area contributed by atoms with Crippen LogP contribution in [-0.2, 0) is 19.3 Å². The van der Waals surface area contributed by atoms with Crippen molar-refractivity contribution in [2.75, 3.05) is 0 Å². The van der Waals surface area contributed by atoms with Gasteiger partial charge in [0.05, 0.1) is 0 Å². The van der Waals surface area contributed by atoms with E-state index in [2.05, 4.69) is 31.7 Å². The van der Waals surface area contributed by atoms with Crippen LogP contribution in [0.1, 0.15) is 114 Å². The number of rotatable bonds is 10. The third kappa shape index (κ3) is 6.27. The highest BCUT2D eigenvalue weighted by molar-refractivity contribution is 5.34. The summed E-state index contributed by atoms with van der Waals surface area (Å²) in [6.45, 7) is 6.20. The molecule has 0 aliphatic heterocycles. The van der Waals surface area contributed by atoms with Gasteiger partial charge in [-0.3, -0.25) is 0 Å². The zero-order valence-corrected chi connectivity index (χ0v) is 20.4. The highest BCUT2D eigenvalue weighted by Crippen LogP contribution is 2.49. The van der Waals surface area contributed by atoms with E-state index in [1.807, 2.05) is 6.08 Å². The molecule has 0 heteroatoms. The van der Waals surface area contributed by atoms with E-state index in [0.29, 0.717) is 0 Å². The molecule has 0 nitrogen and oxygen atoms in total. The third-order valence-electron chi connectivity index (χ3n) is 9.32. The van der Waals surface area contributed by atoms with Crippen LogP contribution in [0.25, 0.3) is 0 Å². The first kappa shape index (κ1) is 23.1. The Morgan fingerprint density at radius 3 is 2.45 bits per heavy atom. The fourth-order valence-electron chi connectivity index (χ4n) is 7.41. The van der Waals surface area contributed by atoms with Crippen LogP contribution >= 0.6 is 0 Å². The zero-order valence-electron chi connectivity index (χ0n) is 20.4. The maximum atomic E-state index is 3.88. The lowest BCUT2D eigenvalue weighted by atomic mass is 9.61. The Hall–Kier alpha value is -1.04. The third-order valence-corrected chi connectivity index (χ3v) is 9.32. The molecule has 0 heterocycles. The molecule has 0 bridgehead atoms. The summed E-state index contributed by atoms with van der Waals surface area (Å²) >= 11 is 0. The van der Waals surface area contributed by atoms with Gasteiger partial charge in [0, 0.05) is 0 Å². The fourth-order valence-corrected chi connectivity index (χ4v) is 7.41. The molecule has 4 rings (SSSR count). The number of benzene rings is 1. The Kier molecular flexibility index (Phi) is 8.74. The molecule has 5 atom stereocenters. The van der Waals surface area contributed by atoms with Gasteiger partial charge in [0.25, 0.3) is 0 Å². The van der Waals surface area contributed by atoms with Crippen LogP contribution in [0.5, 0.6) is 0 Å². The summed E-state index contributed by atoms with van der Waals surface area (Å²) in [5.74, 6) is 5.19. The van der Waals surface area contributed by atoms with E-state index in [1.54, 1.807) is 43.2 Å². The molecule has 0 aromatic heterocycles. The van der Waals surface area contributed by atoms with Crippen LogP contribution in [0.15, 0.2) is 30.9 Å². The first-order chi connectivity index (χ1) is 15.3. The molecule has 2 saturated carbocycles. The molecule has 0 amide bonds. The summed E-state index contributed by atoms with van der Waals surface area (Å²) in [7, 11) is 0.